The summed E-state index contributed by atoms with van der Waals surface area (Å²) in [5.41, 5.74) is 3.93. The van der Waals surface area contributed by atoms with Gasteiger partial charge in [0.15, 0.2) is 0 Å². The van der Waals surface area contributed by atoms with E-state index in [1.165, 1.54) is 7.11 Å². The van der Waals surface area contributed by atoms with Crippen LogP contribution in [-0.4, -0.2) is 80.9 Å². The number of methoxy groups -OCH3 is 1. The number of hydrogen-bond donors (Lipinski definition) is 1. The second-order valence-electron chi connectivity index (χ2n) is 8.31. The fourth-order valence-electron chi connectivity index (χ4n) is 4.39. The molecule has 0 spiro atoms. The monoisotopic (exact) mass is 453 g/mol. The van der Waals surface area contributed by atoms with E-state index in [9.17, 15) is 8.78 Å². The largest absolute Gasteiger partial charge is 0.479 e. The van der Waals surface area contributed by atoms with Crippen molar-refractivity contribution in [3.05, 3.63) is 42.9 Å². The molecule has 5 heterocycles. The van der Waals surface area contributed by atoms with Gasteiger partial charge in [-0.3, -0.25) is 14.9 Å². The first-order valence-corrected chi connectivity index (χ1v) is 10.6. The number of ether oxygens (including phenoxy) is 2. The summed E-state index contributed by atoms with van der Waals surface area (Å²) in [4.78, 5) is 14.8. The van der Waals surface area contributed by atoms with Crippen molar-refractivity contribution in [3.8, 4) is 17.0 Å². The summed E-state index contributed by atoms with van der Waals surface area (Å²) < 4.78 is 41.6. The summed E-state index contributed by atoms with van der Waals surface area (Å²) in [5.74, 6) is -2.53. The van der Waals surface area contributed by atoms with E-state index in [0.717, 1.165) is 22.2 Å². The van der Waals surface area contributed by atoms with E-state index in [0.29, 0.717) is 18.7 Å². The molecule has 0 saturated carbocycles. The molecule has 2 aliphatic heterocycles. The van der Waals surface area contributed by atoms with Gasteiger partial charge in [-0.2, -0.15) is 4.98 Å². The lowest BCUT2D eigenvalue weighted by Gasteiger charge is -2.34. The van der Waals surface area contributed by atoms with E-state index >= 15 is 0 Å². The van der Waals surface area contributed by atoms with Gasteiger partial charge >= 0.3 is 0 Å². The molecule has 6 rings (SSSR count). The second kappa shape index (κ2) is 7.56. The van der Waals surface area contributed by atoms with Crippen LogP contribution >= 0.6 is 0 Å². The third kappa shape index (κ3) is 3.44. The van der Waals surface area contributed by atoms with Gasteiger partial charge in [0.05, 0.1) is 43.9 Å². The van der Waals surface area contributed by atoms with Gasteiger partial charge in [0.25, 0.3) is 5.92 Å². The van der Waals surface area contributed by atoms with Crippen molar-refractivity contribution in [2.75, 3.05) is 38.7 Å². The molecule has 0 unspecified atom stereocenters. The minimum atomic E-state index is -2.91. The maximum atomic E-state index is 14.7. The number of hydrogen-bond acceptors (Lipinski definition) is 8. The van der Waals surface area contributed by atoms with Crippen LogP contribution in [0, 0.1) is 0 Å². The van der Waals surface area contributed by atoms with Crippen molar-refractivity contribution in [2.45, 2.75) is 18.0 Å². The van der Waals surface area contributed by atoms with Crippen LogP contribution in [0.1, 0.15) is 0 Å². The van der Waals surface area contributed by atoms with Crippen molar-refractivity contribution >= 4 is 22.5 Å². The molecule has 0 amide bonds. The smallest absolute Gasteiger partial charge is 0.281 e. The van der Waals surface area contributed by atoms with E-state index < -0.39 is 12.0 Å². The predicted molar refractivity (Wildman–Crippen MR) is 117 cm³/mol. The minimum absolute atomic E-state index is 0.0410. The van der Waals surface area contributed by atoms with Crippen molar-refractivity contribution in [1.29, 1.82) is 0 Å². The number of halogens is 2. The lowest BCUT2D eigenvalue weighted by Crippen LogP contribution is -2.48. The molecule has 1 aromatic carbocycles. The number of alkyl halides is 2. The molecular formula is C22H21F2N7O2. The molecule has 0 radical (unpaired) electrons. The topological polar surface area (TPSA) is 89.7 Å². The Bertz CT molecular complexity index is 1340. The van der Waals surface area contributed by atoms with E-state index in [-0.39, 0.29) is 31.0 Å². The SMILES string of the molecule is COc1nc(N[C@H]2CN(C3COC3)CC2(F)F)nn2ccc(-c3ccc4nccnc4c3)c12. The van der Waals surface area contributed by atoms with Gasteiger partial charge in [-0.15, -0.1) is 5.10 Å². The molecule has 0 bridgehead atoms. The molecular weight excluding hydrogens is 432 g/mol. The van der Waals surface area contributed by atoms with Gasteiger partial charge in [-0.1, -0.05) is 6.07 Å². The predicted octanol–water partition coefficient (Wildman–Crippen LogP) is 2.48. The molecule has 2 aliphatic rings. The highest BCUT2D eigenvalue weighted by atomic mass is 19.3. The van der Waals surface area contributed by atoms with Crippen molar-refractivity contribution in [1.82, 2.24) is 29.5 Å². The average molecular weight is 453 g/mol. The second-order valence-corrected chi connectivity index (χ2v) is 8.31. The Hall–Kier alpha value is -3.44. The van der Waals surface area contributed by atoms with Gasteiger partial charge in [0.2, 0.25) is 11.8 Å². The Kier molecular flexibility index (Phi) is 4.63. The van der Waals surface area contributed by atoms with Gasteiger partial charge in [0.1, 0.15) is 11.6 Å². The lowest BCUT2D eigenvalue weighted by molar-refractivity contribution is -0.0711. The lowest BCUT2D eigenvalue weighted by atomic mass is 10.1. The first kappa shape index (κ1) is 20.2. The average Bonchev–Trinajstić information content (AvgIpc) is 3.32. The Labute approximate surface area is 187 Å². The van der Waals surface area contributed by atoms with Crippen LogP contribution in [0.5, 0.6) is 5.88 Å². The Morgan fingerprint density at radius 2 is 1.97 bits per heavy atom. The minimum Gasteiger partial charge on any atom is -0.479 e. The van der Waals surface area contributed by atoms with Crippen molar-refractivity contribution < 1.29 is 18.3 Å². The maximum absolute atomic E-state index is 14.7. The fraction of sp³-hybridized carbons (Fsp3) is 0.364. The third-order valence-corrected chi connectivity index (χ3v) is 6.23. The van der Waals surface area contributed by atoms with Crippen LogP contribution < -0.4 is 10.1 Å². The van der Waals surface area contributed by atoms with Gasteiger partial charge < -0.3 is 14.8 Å². The molecule has 0 aliphatic carbocycles. The molecule has 1 N–H and O–H groups in total. The zero-order valence-corrected chi connectivity index (χ0v) is 17.8. The number of rotatable bonds is 5. The molecule has 4 aromatic rings. The summed E-state index contributed by atoms with van der Waals surface area (Å²) in [5, 5.41) is 7.27. The molecule has 3 aromatic heterocycles. The van der Waals surface area contributed by atoms with Crippen LogP contribution in [0.25, 0.3) is 27.7 Å². The molecule has 2 saturated heterocycles. The summed E-state index contributed by atoms with van der Waals surface area (Å²) in [6, 6.07) is 6.59. The highest BCUT2D eigenvalue weighted by Crippen LogP contribution is 2.35. The van der Waals surface area contributed by atoms with Crippen LogP contribution in [0.3, 0.4) is 0 Å². The quantitative estimate of drug-likeness (QED) is 0.493. The van der Waals surface area contributed by atoms with Crippen LogP contribution in [0.4, 0.5) is 14.7 Å². The van der Waals surface area contributed by atoms with Crippen molar-refractivity contribution in [3.63, 3.8) is 0 Å². The number of likely N-dealkylation sites (tertiary alicyclic amines) is 1. The van der Waals surface area contributed by atoms with E-state index in [4.69, 9.17) is 9.47 Å². The zero-order chi connectivity index (χ0) is 22.6. The maximum Gasteiger partial charge on any atom is 0.281 e. The van der Waals surface area contributed by atoms with Crippen LogP contribution in [0.2, 0.25) is 0 Å². The van der Waals surface area contributed by atoms with Gasteiger partial charge in [0, 0.05) is 30.7 Å². The molecule has 33 heavy (non-hydrogen) atoms. The summed E-state index contributed by atoms with van der Waals surface area (Å²) in [6.45, 7) is 0.869. The molecule has 11 heteroatoms. The molecule has 170 valence electrons. The molecule has 9 nitrogen and oxygen atoms in total. The standard InChI is InChI=1S/C22H21F2N7O2/c1-32-20-19-15(13-2-3-16-17(8-13)26-6-5-25-16)4-7-31(19)29-21(28-20)27-18-9-30(12-22(18,23)24)14-10-33-11-14/h2-8,14,18H,9-12H2,1H3,(H,27,29)/t18-/m0/s1. The number of aromatic nitrogens is 5. The number of fused-ring (bicyclic) bond motifs is 2. The van der Waals surface area contributed by atoms with Gasteiger partial charge in [-0.05, 0) is 23.8 Å². The Morgan fingerprint density at radius 1 is 1.15 bits per heavy atom. The van der Waals surface area contributed by atoms with Crippen LogP contribution in [-0.2, 0) is 4.74 Å². The summed E-state index contributed by atoms with van der Waals surface area (Å²) in [6.07, 6.45) is 5.05. The fourth-order valence-corrected chi connectivity index (χ4v) is 4.39. The summed E-state index contributed by atoms with van der Waals surface area (Å²) in [7, 11) is 1.50. The van der Waals surface area contributed by atoms with Crippen LogP contribution in [0.15, 0.2) is 42.9 Å². The number of nitrogens with zero attached hydrogens (tertiary/aromatic N) is 6. The number of nitrogens with one attached hydrogen (secondary N) is 1. The first-order chi connectivity index (χ1) is 16.0. The zero-order valence-electron chi connectivity index (χ0n) is 17.8. The molecule has 2 fully saturated rings. The normalized spacial score (nSPS) is 20.9. The first-order valence-electron chi connectivity index (χ1n) is 10.6. The van der Waals surface area contributed by atoms with E-state index in [1.807, 2.05) is 24.3 Å². The summed E-state index contributed by atoms with van der Waals surface area (Å²) >= 11 is 0. The highest BCUT2D eigenvalue weighted by molar-refractivity contribution is 5.89. The third-order valence-electron chi connectivity index (χ3n) is 6.23. The number of benzene rings is 1. The Morgan fingerprint density at radius 3 is 2.73 bits per heavy atom. The van der Waals surface area contributed by atoms with E-state index in [1.54, 1.807) is 28.0 Å². The van der Waals surface area contributed by atoms with Gasteiger partial charge in [-0.25, -0.2) is 13.3 Å². The van der Waals surface area contributed by atoms with Crippen molar-refractivity contribution in [2.24, 2.45) is 0 Å². The van der Waals surface area contributed by atoms with E-state index in [2.05, 4.69) is 25.4 Å². The highest BCUT2D eigenvalue weighted by Gasteiger charge is 2.51. The molecule has 1 atom stereocenters. The Balaban J connectivity index is 1.34. The number of anilines is 1.